The van der Waals surface area contributed by atoms with Crippen LogP contribution in [-0.2, 0) is 11.3 Å². The summed E-state index contributed by atoms with van der Waals surface area (Å²) in [4.78, 5) is 29.6. The molecule has 2 heterocycles. The Morgan fingerprint density at radius 3 is 2.58 bits per heavy atom. The molecule has 1 aliphatic heterocycles. The zero-order valence-electron chi connectivity index (χ0n) is 14.2. The molecule has 130 valence electrons. The van der Waals surface area contributed by atoms with Crippen LogP contribution in [0.15, 0.2) is 54.6 Å². The van der Waals surface area contributed by atoms with E-state index in [0.29, 0.717) is 11.6 Å². The SMILES string of the molecule is Cc1cccc(-n2nc(-c3ccccc3)nc2CN2C(=O)CNC2=O)c1. The average Bonchev–Trinajstić information content (AvgIpc) is 3.21. The third-order valence-corrected chi connectivity index (χ3v) is 4.19. The largest absolute Gasteiger partial charge is 0.329 e. The number of nitrogens with zero attached hydrogens (tertiary/aromatic N) is 4. The zero-order chi connectivity index (χ0) is 18.1. The second kappa shape index (κ2) is 6.44. The van der Waals surface area contributed by atoms with Crippen molar-refractivity contribution >= 4 is 11.9 Å². The average molecular weight is 347 g/mol. The first-order chi connectivity index (χ1) is 12.6. The van der Waals surface area contributed by atoms with Gasteiger partial charge >= 0.3 is 6.03 Å². The second-order valence-corrected chi connectivity index (χ2v) is 6.11. The topological polar surface area (TPSA) is 80.1 Å². The van der Waals surface area contributed by atoms with Crippen molar-refractivity contribution in [1.82, 2.24) is 25.0 Å². The minimum atomic E-state index is -0.407. The van der Waals surface area contributed by atoms with Gasteiger partial charge in [-0.15, -0.1) is 5.10 Å². The van der Waals surface area contributed by atoms with Crippen LogP contribution in [0.2, 0.25) is 0 Å². The summed E-state index contributed by atoms with van der Waals surface area (Å²) in [5, 5.41) is 7.15. The summed E-state index contributed by atoms with van der Waals surface area (Å²) < 4.78 is 1.69. The van der Waals surface area contributed by atoms with Crippen LogP contribution >= 0.6 is 0 Å². The summed E-state index contributed by atoms with van der Waals surface area (Å²) in [7, 11) is 0. The van der Waals surface area contributed by atoms with E-state index >= 15 is 0 Å². The molecule has 0 unspecified atom stereocenters. The molecule has 3 aromatic rings. The molecule has 1 aliphatic rings. The van der Waals surface area contributed by atoms with Gasteiger partial charge in [0.1, 0.15) is 0 Å². The molecule has 0 aliphatic carbocycles. The molecule has 7 heteroatoms. The summed E-state index contributed by atoms with van der Waals surface area (Å²) in [6.07, 6.45) is 0. The Balaban J connectivity index is 1.79. The maximum Gasteiger partial charge on any atom is 0.325 e. The number of carbonyl (C=O) groups excluding carboxylic acids is 2. The smallest absolute Gasteiger partial charge is 0.325 e. The van der Waals surface area contributed by atoms with E-state index in [0.717, 1.165) is 21.7 Å². The lowest BCUT2D eigenvalue weighted by Gasteiger charge is -2.12. The van der Waals surface area contributed by atoms with Crippen molar-refractivity contribution in [2.45, 2.75) is 13.5 Å². The summed E-state index contributed by atoms with van der Waals surface area (Å²) in [6.45, 7) is 2.08. The number of benzene rings is 2. The summed E-state index contributed by atoms with van der Waals surface area (Å²) >= 11 is 0. The highest BCUT2D eigenvalue weighted by Crippen LogP contribution is 2.20. The number of aryl methyl sites for hydroxylation is 1. The van der Waals surface area contributed by atoms with E-state index in [1.54, 1.807) is 4.68 Å². The first-order valence-electron chi connectivity index (χ1n) is 8.28. The number of nitrogens with one attached hydrogen (secondary N) is 1. The maximum atomic E-state index is 12.0. The number of hydrogen-bond donors (Lipinski definition) is 1. The molecule has 4 rings (SSSR count). The van der Waals surface area contributed by atoms with Crippen molar-refractivity contribution in [2.24, 2.45) is 0 Å². The Kier molecular flexibility index (Phi) is 3.96. The molecule has 3 amide bonds. The van der Waals surface area contributed by atoms with Crippen molar-refractivity contribution < 1.29 is 9.59 Å². The van der Waals surface area contributed by atoms with Crippen LogP contribution in [-0.4, -0.2) is 38.1 Å². The lowest BCUT2D eigenvalue weighted by atomic mass is 10.2. The number of imide groups is 1. The van der Waals surface area contributed by atoms with Crippen molar-refractivity contribution in [1.29, 1.82) is 0 Å². The van der Waals surface area contributed by atoms with Gasteiger partial charge in [-0.05, 0) is 24.6 Å². The second-order valence-electron chi connectivity index (χ2n) is 6.11. The van der Waals surface area contributed by atoms with Gasteiger partial charge in [0.15, 0.2) is 11.6 Å². The van der Waals surface area contributed by atoms with E-state index in [-0.39, 0.29) is 19.0 Å². The van der Waals surface area contributed by atoms with Crippen LogP contribution in [0.25, 0.3) is 17.1 Å². The Morgan fingerprint density at radius 2 is 1.88 bits per heavy atom. The molecule has 2 aromatic carbocycles. The number of hydrogen-bond acceptors (Lipinski definition) is 4. The van der Waals surface area contributed by atoms with Gasteiger partial charge in [0.2, 0.25) is 5.91 Å². The molecule has 0 atom stereocenters. The summed E-state index contributed by atoms with van der Waals surface area (Å²) in [5.74, 6) is 0.809. The van der Waals surface area contributed by atoms with Crippen LogP contribution in [0, 0.1) is 6.92 Å². The van der Waals surface area contributed by atoms with Crippen molar-refractivity contribution in [2.75, 3.05) is 6.54 Å². The van der Waals surface area contributed by atoms with Crippen molar-refractivity contribution in [3.63, 3.8) is 0 Å². The van der Waals surface area contributed by atoms with Gasteiger partial charge in [0.05, 0.1) is 18.8 Å². The predicted octanol–water partition coefficient (Wildman–Crippen LogP) is 2.29. The van der Waals surface area contributed by atoms with Crippen LogP contribution in [0.3, 0.4) is 0 Å². The Labute approximate surface area is 150 Å². The molecule has 0 bridgehead atoms. The van der Waals surface area contributed by atoms with Crippen molar-refractivity contribution in [3.05, 3.63) is 66.0 Å². The van der Waals surface area contributed by atoms with Gasteiger partial charge in [-0.25, -0.2) is 14.5 Å². The number of amides is 3. The number of aromatic nitrogens is 3. The first-order valence-corrected chi connectivity index (χ1v) is 8.28. The third-order valence-electron chi connectivity index (χ3n) is 4.19. The summed E-state index contributed by atoms with van der Waals surface area (Å²) in [5.41, 5.74) is 2.79. The molecule has 1 fully saturated rings. The monoisotopic (exact) mass is 347 g/mol. The van der Waals surface area contributed by atoms with Gasteiger partial charge in [0.25, 0.3) is 0 Å². The quantitative estimate of drug-likeness (QED) is 0.735. The van der Waals surface area contributed by atoms with Gasteiger partial charge in [-0.2, -0.15) is 0 Å². The minimum Gasteiger partial charge on any atom is -0.329 e. The van der Waals surface area contributed by atoms with Crippen molar-refractivity contribution in [3.8, 4) is 17.1 Å². The fourth-order valence-corrected chi connectivity index (χ4v) is 2.88. The van der Waals surface area contributed by atoms with E-state index in [2.05, 4.69) is 15.4 Å². The fourth-order valence-electron chi connectivity index (χ4n) is 2.88. The van der Waals surface area contributed by atoms with E-state index < -0.39 is 6.03 Å². The fraction of sp³-hybridized carbons (Fsp3) is 0.158. The maximum absolute atomic E-state index is 12.0. The van der Waals surface area contributed by atoms with Gasteiger partial charge in [-0.3, -0.25) is 9.69 Å². The highest BCUT2D eigenvalue weighted by atomic mass is 16.2. The van der Waals surface area contributed by atoms with Crippen LogP contribution < -0.4 is 5.32 Å². The van der Waals surface area contributed by atoms with Gasteiger partial charge in [-0.1, -0.05) is 42.5 Å². The lowest BCUT2D eigenvalue weighted by Crippen LogP contribution is -2.31. The molecule has 1 N–H and O–H groups in total. The third kappa shape index (κ3) is 2.95. The Hall–Kier alpha value is -3.48. The number of urea groups is 1. The lowest BCUT2D eigenvalue weighted by molar-refractivity contribution is -0.125. The Bertz CT molecular complexity index is 965. The molecule has 0 saturated carbocycles. The molecule has 1 saturated heterocycles. The van der Waals surface area contributed by atoms with Crippen LogP contribution in [0.1, 0.15) is 11.4 Å². The zero-order valence-corrected chi connectivity index (χ0v) is 14.2. The van der Waals surface area contributed by atoms with E-state index in [4.69, 9.17) is 0 Å². The molecule has 7 nitrogen and oxygen atoms in total. The van der Waals surface area contributed by atoms with E-state index in [1.165, 1.54) is 0 Å². The molecule has 0 radical (unpaired) electrons. The molecular weight excluding hydrogens is 330 g/mol. The standard InChI is InChI=1S/C19H17N5O2/c1-13-6-5-9-15(10-13)24-16(12-23-17(25)11-20-19(23)26)21-18(22-24)14-7-3-2-4-8-14/h2-10H,11-12H2,1H3,(H,20,26). The summed E-state index contributed by atoms with van der Waals surface area (Å²) in [6, 6.07) is 17.0. The highest BCUT2D eigenvalue weighted by molar-refractivity contribution is 6.01. The Morgan fingerprint density at radius 1 is 1.08 bits per heavy atom. The van der Waals surface area contributed by atoms with Gasteiger partial charge in [0, 0.05) is 5.56 Å². The predicted molar refractivity (Wildman–Crippen MR) is 95.5 cm³/mol. The normalized spacial score (nSPS) is 14.0. The number of rotatable bonds is 4. The van der Waals surface area contributed by atoms with Crippen LogP contribution in [0.5, 0.6) is 0 Å². The molecule has 0 spiro atoms. The number of carbonyl (C=O) groups is 2. The first kappa shape index (κ1) is 16.0. The minimum absolute atomic E-state index is 0.0168. The van der Waals surface area contributed by atoms with Crippen LogP contribution in [0.4, 0.5) is 4.79 Å². The molecular formula is C19H17N5O2. The van der Waals surface area contributed by atoms with E-state index in [9.17, 15) is 9.59 Å². The molecule has 26 heavy (non-hydrogen) atoms. The molecule has 1 aromatic heterocycles. The van der Waals surface area contributed by atoms with E-state index in [1.807, 2.05) is 61.5 Å². The van der Waals surface area contributed by atoms with Gasteiger partial charge < -0.3 is 5.32 Å². The highest BCUT2D eigenvalue weighted by Gasteiger charge is 2.30.